The molecule has 1 aliphatic rings. The summed E-state index contributed by atoms with van der Waals surface area (Å²) in [6.45, 7) is 2.15. The molecule has 1 aliphatic heterocycles. The predicted molar refractivity (Wildman–Crippen MR) is 128 cm³/mol. The second-order valence-electron chi connectivity index (χ2n) is 7.70. The first-order valence-corrected chi connectivity index (χ1v) is 13.3. The molecule has 1 amide bonds. The minimum absolute atomic E-state index is 0.0680. The Morgan fingerprint density at radius 3 is 2.47 bits per heavy atom. The first-order valence-electron chi connectivity index (χ1n) is 10.0. The smallest absolute Gasteiger partial charge is 0.257 e. The van der Waals surface area contributed by atoms with E-state index in [9.17, 15) is 13.2 Å². The van der Waals surface area contributed by atoms with Crippen molar-refractivity contribution in [2.24, 2.45) is 10.2 Å². The third kappa shape index (κ3) is 4.84. The van der Waals surface area contributed by atoms with Crippen molar-refractivity contribution in [3.05, 3.63) is 74.6 Å². The van der Waals surface area contributed by atoms with Crippen LogP contribution in [-0.4, -0.2) is 43.5 Å². The van der Waals surface area contributed by atoms with Crippen LogP contribution in [0.4, 0.5) is 0 Å². The maximum atomic E-state index is 13.3. The SMILES string of the molecule is C[C@@H](c1ccc(S(N)(=O)=O)cc1)N(C)CC(=O)N1N=C(c2cccs2)C[C@H]1c1cccs1. The molecular formula is C22H24N4O3S3. The topological polar surface area (TPSA) is 96.1 Å². The molecular weight excluding hydrogens is 464 g/mol. The van der Waals surface area contributed by atoms with Crippen molar-refractivity contribution < 1.29 is 13.2 Å². The summed E-state index contributed by atoms with van der Waals surface area (Å²) < 4.78 is 23.0. The number of primary sulfonamides is 1. The highest BCUT2D eigenvalue weighted by molar-refractivity contribution is 7.89. The molecule has 2 aromatic heterocycles. The number of thiophene rings is 2. The van der Waals surface area contributed by atoms with Gasteiger partial charge in [0, 0.05) is 17.3 Å². The molecule has 3 heterocycles. The van der Waals surface area contributed by atoms with E-state index in [1.807, 2.05) is 53.9 Å². The number of likely N-dealkylation sites (N-methyl/N-ethyl adjacent to an activating group) is 1. The van der Waals surface area contributed by atoms with Crippen molar-refractivity contribution in [3.63, 3.8) is 0 Å². The minimum atomic E-state index is -3.73. The molecule has 1 aromatic carbocycles. The zero-order valence-electron chi connectivity index (χ0n) is 17.7. The van der Waals surface area contributed by atoms with Crippen LogP contribution in [0.25, 0.3) is 0 Å². The van der Waals surface area contributed by atoms with Gasteiger partial charge in [0.05, 0.1) is 28.1 Å². The summed E-state index contributed by atoms with van der Waals surface area (Å²) in [4.78, 5) is 17.5. The molecule has 7 nitrogen and oxygen atoms in total. The van der Waals surface area contributed by atoms with E-state index in [0.29, 0.717) is 6.42 Å². The lowest BCUT2D eigenvalue weighted by Crippen LogP contribution is -2.37. The second-order valence-corrected chi connectivity index (χ2v) is 11.2. The lowest BCUT2D eigenvalue weighted by Gasteiger charge is -2.28. The van der Waals surface area contributed by atoms with Crippen LogP contribution in [0.15, 0.2) is 69.3 Å². The van der Waals surface area contributed by atoms with Crippen LogP contribution in [0.1, 0.15) is 40.7 Å². The number of benzene rings is 1. The number of hydrogen-bond donors (Lipinski definition) is 1. The number of nitrogens with two attached hydrogens (primary N) is 1. The molecule has 0 aliphatic carbocycles. The van der Waals surface area contributed by atoms with Crippen LogP contribution in [-0.2, 0) is 14.8 Å². The van der Waals surface area contributed by atoms with E-state index in [-0.39, 0.29) is 29.4 Å². The average Bonchev–Trinajstić information content (AvgIpc) is 3.53. The fourth-order valence-corrected chi connectivity index (χ4v) is 5.70. The molecule has 10 heteroatoms. The fraction of sp³-hybridized carbons (Fsp3) is 0.273. The van der Waals surface area contributed by atoms with E-state index in [1.165, 1.54) is 12.1 Å². The van der Waals surface area contributed by atoms with Gasteiger partial charge >= 0.3 is 0 Å². The number of hydrogen-bond acceptors (Lipinski definition) is 7. The minimum Gasteiger partial charge on any atom is -0.291 e. The van der Waals surface area contributed by atoms with E-state index in [2.05, 4.69) is 0 Å². The molecule has 2 N–H and O–H groups in total. The number of nitrogens with zero attached hydrogens (tertiary/aromatic N) is 3. The van der Waals surface area contributed by atoms with Crippen LogP contribution in [0.3, 0.4) is 0 Å². The summed E-state index contributed by atoms with van der Waals surface area (Å²) in [7, 11) is -1.86. The number of carbonyl (C=O) groups excluding carboxylic acids is 1. The van der Waals surface area contributed by atoms with E-state index in [0.717, 1.165) is 21.0 Å². The van der Waals surface area contributed by atoms with Gasteiger partial charge in [-0.2, -0.15) is 5.10 Å². The number of carbonyl (C=O) groups is 1. The number of amides is 1. The van der Waals surface area contributed by atoms with Gasteiger partial charge in [0.25, 0.3) is 5.91 Å². The van der Waals surface area contributed by atoms with Crippen LogP contribution >= 0.6 is 22.7 Å². The summed E-state index contributed by atoms with van der Waals surface area (Å²) in [5.41, 5.74) is 1.83. The molecule has 32 heavy (non-hydrogen) atoms. The maximum absolute atomic E-state index is 13.3. The van der Waals surface area contributed by atoms with Crippen LogP contribution in [0, 0.1) is 0 Å². The molecule has 0 unspecified atom stereocenters. The van der Waals surface area contributed by atoms with Crippen LogP contribution < -0.4 is 5.14 Å². The van der Waals surface area contributed by atoms with Crippen molar-refractivity contribution in [2.45, 2.75) is 30.3 Å². The van der Waals surface area contributed by atoms with E-state index in [4.69, 9.17) is 10.2 Å². The Morgan fingerprint density at radius 2 is 1.88 bits per heavy atom. The number of sulfonamides is 1. The van der Waals surface area contributed by atoms with Crippen LogP contribution in [0.5, 0.6) is 0 Å². The van der Waals surface area contributed by atoms with Gasteiger partial charge in [-0.05, 0) is 54.6 Å². The normalized spacial score (nSPS) is 17.6. The first-order chi connectivity index (χ1) is 15.2. The van der Waals surface area contributed by atoms with Crippen molar-refractivity contribution in [1.82, 2.24) is 9.91 Å². The van der Waals surface area contributed by atoms with Crippen molar-refractivity contribution in [2.75, 3.05) is 13.6 Å². The van der Waals surface area contributed by atoms with Gasteiger partial charge in [0.15, 0.2) is 0 Å². The molecule has 3 aromatic rings. The molecule has 0 bridgehead atoms. The monoisotopic (exact) mass is 488 g/mol. The molecule has 0 fully saturated rings. The van der Waals surface area contributed by atoms with Crippen molar-refractivity contribution in [1.29, 1.82) is 0 Å². The summed E-state index contributed by atoms with van der Waals surface area (Å²) in [6, 6.07) is 14.3. The summed E-state index contributed by atoms with van der Waals surface area (Å²) >= 11 is 3.25. The second kappa shape index (κ2) is 9.24. The molecule has 0 radical (unpaired) electrons. The summed E-state index contributed by atoms with van der Waals surface area (Å²) in [5.74, 6) is -0.0783. The lowest BCUT2D eigenvalue weighted by atomic mass is 10.1. The molecule has 0 saturated carbocycles. The third-order valence-corrected chi connectivity index (χ3v) is 8.40. The molecule has 0 spiro atoms. The Morgan fingerprint density at radius 1 is 1.19 bits per heavy atom. The van der Waals surface area contributed by atoms with Crippen LogP contribution in [0.2, 0.25) is 0 Å². The summed E-state index contributed by atoms with van der Waals surface area (Å²) in [5, 5.41) is 15.5. The standard InChI is InChI=1S/C22H24N4O3S3/c1-15(16-7-9-17(10-8-16)32(23,28)29)25(2)14-22(27)26-19(21-6-4-12-31-21)13-18(24-26)20-5-3-11-30-20/h3-12,15,19H,13-14H2,1-2H3,(H2,23,28,29)/t15-,19-/m0/s1. The van der Waals surface area contributed by atoms with Gasteiger partial charge in [-0.25, -0.2) is 18.6 Å². The van der Waals surface area contributed by atoms with Gasteiger partial charge in [0.1, 0.15) is 0 Å². The quantitative estimate of drug-likeness (QED) is 0.547. The lowest BCUT2D eigenvalue weighted by molar-refractivity contribution is -0.134. The zero-order valence-corrected chi connectivity index (χ0v) is 20.2. The van der Waals surface area contributed by atoms with Gasteiger partial charge in [-0.1, -0.05) is 24.3 Å². The fourth-order valence-electron chi connectivity index (χ4n) is 3.65. The maximum Gasteiger partial charge on any atom is 0.257 e. The van der Waals surface area contributed by atoms with Gasteiger partial charge in [0.2, 0.25) is 10.0 Å². The Balaban J connectivity index is 1.50. The largest absolute Gasteiger partial charge is 0.291 e. The highest BCUT2D eigenvalue weighted by Crippen LogP contribution is 2.36. The average molecular weight is 489 g/mol. The predicted octanol–water partition coefficient (Wildman–Crippen LogP) is 3.83. The Bertz CT molecular complexity index is 1200. The van der Waals surface area contributed by atoms with Gasteiger partial charge in [-0.15, -0.1) is 22.7 Å². The highest BCUT2D eigenvalue weighted by Gasteiger charge is 2.34. The Hall–Kier alpha value is -2.37. The molecule has 168 valence electrons. The molecule has 4 rings (SSSR count). The first kappa shape index (κ1) is 22.8. The molecule has 2 atom stereocenters. The van der Waals surface area contributed by atoms with Gasteiger partial charge in [-0.3, -0.25) is 9.69 Å². The Kier molecular flexibility index (Phi) is 6.59. The summed E-state index contributed by atoms with van der Waals surface area (Å²) in [6.07, 6.45) is 0.695. The zero-order chi connectivity index (χ0) is 22.9. The third-order valence-electron chi connectivity index (χ3n) is 5.58. The molecule has 0 saturated heterocycles. The van der Waals surface area contributed by atoms with Crippen molar-refractivity contribution >= 4 is 44.3 Å². The highest BCUT2D eigenvalue weighted by atomic mass is 32.2. The number of rotatable bonds is 7. The van der Waals surface area contributed by atoms with Crippen molar-refractivity contribution in [3.8, 4) is 0 Å². The Labute approximate surface area is 195 Å². The van der Waals surface area contributed by atoms with E-state index in [1.54, 1.807) is 39.8 Å². The van der Waals surface area contributed by atoms with E-state index < -0.39 is 10.0 Å². The van der Waals surface area contributed by atoms with Gasteiger partial charge < -0.3 is 0 Å². The van der Waals surface area contributed by atoms with E-state index >= 15 is 0 Å². The number of hydrazone groups is 1.